The number of carbonyl (C=O) groups is 1. The number of rotatable bonds is 7. The number of nitrogens with one attached hydrogen (secondary N) is 2. The van der Waals surface area contributed by atoms with Gasteiger partial charge < -0.3 is 15.4 Å². The summed E-state index contributed by atoms with van der Waals surface area (Å²) in [5.41, 5.74) is 0.995. The third-order valence-corrected chi connectivity index (χ3v) is 6.22. The minimum atomic E-state index is -0.710. The minimum Gasteiger partial charge on any atom is -0.381 e. The van der Waals surface area contributed by atoms with E-state index < -0.39 is 5.95 Å². The first kappa shape index (κ1) is 22.0. The first-order chi connectivity index (χ1) is 15.1. The molecule has 0 amide bonds. The van der Waals surface area contributed by atoms with Crippen molar-refractivity contribution in [3.05, 3.63) is 35.1 Å². The predicted molar refractivity (Wildman–Crippen MR) is 117 cm³/mol. The van der Waals surface area contributed by atoms with Crippen LogP contribution in [-0.4, -0.2) is 53.6 Å². The molecular weight excluding hydrogens is 421 g/mol. The number of nitrogens with zero attached hydrogens (tertiary/aromatic N) is 3. The van der Waals surface area contributed by atoms with Crippen LogP contribution in [0.2, 0.25) is 5.02 Å². The van der Waals surface area contributed by atoms with E-state index in [1.54, 1.807) is 6.07 Å². The van der Waals surface area contributed by atoms with Crippen molar-refractivity contribution >= 4 is 23.2 Å². The van der Waals surface area contributed by atoms with Crippen LogP contribution in [0.15, 0.2) is 18.5 Å². The second-order valence-corrected chi connectivity index (χ2v) is 8.58. The number of ketones is 1. The molecule has 2 saturated heterocycles. The number of aromatic nitrogens is 3. The zero-order chi connectivity index (χ0) is 21.6. The Labute approximate surface area is 186 Å². The lowest BCUT2D eigenvalue weighted by molar-refractivity contribution is -0.122. The summed E-state index contributed by atoms with van der Waals surface area (Å²) in [4.78, 5) is 25.2. The summed E-state index contributed by atoms with van der Waals surface area (Å²) in [5, 5.41) is 6.77. The Morgan fingerprint density at radius 2 is 2.10 bits per heavy atom. The van der Waals surface area contributed by atoms with Crippen LogP contribution in [0.3, 0.4) is 0 Å². The molecule has 31 heavy (non-hydrogen) atoms. The summed E-state index contributed by atoms with van der Waals surface area (Å²) in [6.45, 7) is 3.89. The SMILES string of the molecule is O=C(Cc1cc(-c2nc(NCC3CCOCC3)cnc2F)c(Cl)cn1)[C@@H]1CCCNC1. The van der Waals surface area contributed by atoms with Crippen molar-refractivity contribution in [3.8, 4) is 11.3 Å². The van der Waals surface area contributed by atoms with Crippen LogP contribution in [-0.2, 0) is 16.0 Å². The quantitative estimate of drug-likeness (QED) is 0.673. The second-order valence-electron chi connectivity index (χ2n) is 8.17. The molecule has 0 unspecified atom stereocenters. The van der Waals surface area contributed by atoms with Crippen LogP contribution < -0.4 is 10.6 Å². The summed E-state index contributed by atoms with van der Waals surface area (Å²) in [6.07, 6.45) is 6.86. The second kappa shape index (κ2) is 10.4. The van der Waals surface area contributed by atoms with Gasteiger partial charge in [0.25, 0.3) is 0 Å². The number of Topliss-reactive ketones (excluding diaryl/α,β-unsaturated/α-hetero) is 1. The van der Waals surface area contributed by atoms with Crippen molar-refractivity contribution in [1.29, 1.82) is 0 Å². The van der Waals surface area contributed by atoms with Crippen LogP contribution in [0, 0.1) is 17.8 Å². The lowest BCUT2D eigenvalue weighted by Crippen LogP contribution is -2.35. The molecule has 4 rings (SSSR count). The standard InChI is InChI=1S/C22H27ClFN5O2/c23-18-12-26-16(9-19(30)15-2-1-5-25-11-15)8-17(18)21-22(24)28-13-20(29-21)27-10-14-3-6-31-7-4-14/h8,12-15,25H,1-7,9-11H2,(H,27,29)/t15-/m1/s1. The van der Waals surface area contributed by atoms with Gasteiger partial charge in [-0.05, 0) is 44.2 Å². The van der Waals surface area contributed by atoms with Gasteiger partial charge in [0, 0.05) is 56.1 Å². The molecule has 9 heteroatoms. The van der Waals surface area contributed by atoms with E-state index in [2.05, 4.69) is 25.6 Å². The van der Waals surface area contributed by atoms with Gasteiger partial charge >= 0.3 is 0 Å². The topological polar surface area (TPSA) is 89.0 Å². The van der Waals surface area contributed by atoms with Gasteiger partial charge in [0.05, 0.1) is 11.2 Å². The van der Waals surface area contributed by atoms with Crippen LogP contribution in [0.1, 0.15) is 31.4 Å². The molecule has 1 atom stereocenters. The van der Waals surface area contributed by atoms with E-state index in [1.165, 1.54) is 12.4 Å². The van der Waals surface area contributed by atoms with Crippen LogP contribution in [0.25, 0.3) is 11.3 Å². The Morgan fingerprint density at radius 1 is 1.26 bits per heavy atom. The highest BCUT2D eigenvalue weighted by Crippen LogP contribution is 2.29. The monoisotopic (exact) mass is 447 g/mol. The molecule has 0 saturated carbocycles. The van der Waals surface area contributed by atoms with Crippen molar-refractivity contribution in [2.75, 3.05) is 38.2 Å². The molecule has 7 nitrogen and oxygen atoms in total. The molecule has 0 aromatic carbocycles. The number of ether oxygens (including phenoxy) is 1. The van der Waals surface area contributed by atoms with Gasteiger partial charge in [-0.15, -0.1) is 0 Å². The molecule has 2 aromatic heterocycles. The Hall–Kier alpha value is -2.16. The highest BCUT2D eigenvalue weighted by atomic mass is 35.5. The van der Waals surface area contributed by atoms with Gasteiger partial charge in [-0.25, -0.2) is 9.97 Å². The van der Waals surface area contributed by atoms with Crippen molar-refractivity contribution in [2.24, 2.45) is 11.8 Å². The van der Waals surface area contributed by atoms with Crippen LogP contribution in [0.4, 0.5) is 10.2 Å². The van der Waals surface area contributed by atoms with Gasteiger partial charge in [-0.3, -0.25) is 9.78 Å². The van der Waals surface area contributed by atoms with Crippen molar-refractivity contribution in [2.45, 2.75) is 32.1 Å². The van der Waals surface area contributed by atoms with E-state index in [-0.39, 0.29) is 28.8 Å². The molecule has 2 aromatic rings. The van der Waals surface area contributed by atoms with E-state index in [0.717, 1.165) is 52.0 Å². The number of halogens is 2. The Kier molecular flexibility index (Phi) is 7.42. The summed E-state index contributed by atoms with van der Waals surface area (Å²) in [6, 6.07) is 1.64. The predicted octanol–water partition coefficient (Wildman–Crippen LogP) is 3.28. The van der Waals surface area contributed by atoms with E-state index in [1.807, 2.05) is 0 Å². The van der Waals surface area contributed by atoms with Gasteiger partial charge in [0.1, 0.15) is 17.3 Å². The van der Waals surface area contributed by atoms with Crippen LogP contribution >= 0.6 is 11.6 Å². The zero-order valence-electron chi connectivity index (χ0n) is 17.4. The van der Waals surface area contributed by atoms with Crippen molar-refractivity contribution < 1.29 is 13.9 Å². The van der Waals surface area contributed by atoms with Gasteiger partial charge in [-0.2, -0.15) is 4.39 Å². The summed E-state index contributed by atoms with van der Waals surface area (Å²) >= 11 is 6.31. The Morgan fingerprint density at radius 3 is 2.87 bits per heavy atom. The van der Waals surface area contributed by atoms with Crippen LogP contribution in [0.5, 0.6) is 0 Å². The molecule has 0 spiro atoms. The number of anilines is 1. The average Bonchev–Trinajstić information content (AvgIpc) is 2.81. The normalized spacial score (nSPS) is 19.9. The number of hydrogen-bond donors (Lipinski definition) is 2. The third-order valence-electron chi connectivity index (χ3n) is 5.92. The first-order valence-corrected chi connectivity index (χ1v) is 11.2. The fraction of sp³-hybridized carbons (Fsp3) is 0.545. The van der Waals surface area contributed by atoms with Gasteiger partial charge in [-0.1, -0.05) is 11.6 Å². The Balaban J connectivity index is 1.49. The van der Waals surface area contributed by atoms with Gasteiger partial charge in [0.15, 0.2) is 0 Å². The molecule has 2 aliphatic rings. The maximum atomic E-state index is 14.5. The molecule has 2 fully saturated rings. The maximum absolute atomic E-state index is 14.5. The highest BCUT2D eigenvalue weighted by molar-refractivity contribution is 6.33. The fourth-order valence-electron chi connectivity index (χ4n) is 4.04. The number of piperidine rings is 1. The molecular formula is C22H27ClFN5O2. The fourth-order valence-corrected chi connectivity index (χ4v) is 4.23. The van der Waals surface area contributed by atoms with Crippen molar-refractivity contribution in [3.63, 3.8) is 0 Å². The molecule has 0 bridgehead atoms. The zero-order valence-corrected chi connectivity index (χ0v) is 18.1. The summed E-state index contributed by atoms with van der Waals surface area (Å²) in [5.74, 6) is 0.385. The summed E-state index contributed by atoms with van der Waals surface area (Å²) < 4.78 is 19.9. The van der Waals surface area contributed by atoms with E-state index in [4.69, 9.17) is 16.3 Å². The molecule has 2 aliphatic heterocycles. The smallest absolute Gasteiger partial charge is 0.239 e. The molecule has 0 radical (unpaired) electrons. The lowest BCUT2D eigenvalue weighted by Gasteiger charge is -2.22. The third kappa shape index (κ3) is 5.75. The van der Waals surface area contributed by atoms with E-state index in [0.29, 0.717) is 29.5 Å². The van der Waals surface area contributed by atoms with Gasteiger partial charge in [0.2, 0.25) is 5.95 Å². The highest BCUT2D eigenvalue weighted by Gasteiger charge is 2.22. The summed E-state index contributed by atoms with van der Waals surface area (Å²) in [7, 11) is 0. The first-order valence-electron chi connectivity index (χ1n) is 10.8. The Bertz CT molecular complexity index is 917. The van der Waals surface area contributed by atoms with E-state index >= 15 is 0 Å². The molecule has 4 heterocycles. The number of carbonyl (C=O) groups excluding carboxylic acids is 1. The molecule has 166 valence electrons. The maximum Gasteiger partial charge on any atom is 0.239 e. The molecule has 2 N–H and O–H groups in total. The number of pyridine rings is 1. The van der Waals surface area contributed by atoms with Crippen molar-refractivity contribution in [1.82, 2.24) is 20.3 Å². The average molecular weight is 448 g/mol. The largest absolute Gasteiger partial charge is 0.381 e. The lowest BCUT2D eigenvalue weighted by atomic mass is 9.92. The molecule has 0 aliphatic carbocycles. The minimum absolute atomic E-state index is 0.0103. The number of hydrogen-bond acceptors (Lipinski definition) is 7. The van der Waals surface area contributed by atoms with E-state index in [9.17, 15) is 9.18 Å².